The second kappa shape index (κ2) is 6.20. The highest BCUT2D eigenvalue weighted by Crippen LogP contribution is 2.24. The minimum atomic E-state index is -3.19. The second-order valence-electron chi connectivity index (χ2n) is 5.09. The molecule has 110 valence electrons. The van der Waals surface area contributed by atoms with E-state index in [1.54, 1.807) is 12.1 Å². The Labute approximate surface area is 124 Å². The summed E-state index contributed by atoms with van der Waals surface area (Å²) in [6.45, 7) is 0.933. The first kappa shape index (κ1) is 15.4. The molecule has 0 radical (unpaired) electrons. The number of rotatable bonds is 4. The van der Waals surface area contributed by atoms with Crippen molar-refractivity contribution in [2.45, 2.75) is 19.3 Å². The van der Waals surface area contributed by atoms with E-state index in [1.807, 2.05) is 0 Å². The molecule has 0 amide bonds. The molecule has 1 aromatic rings. The van der Waals surface area contributed by atoms with E-state index in [1.165, 1.54) is 16.8 Å². The Balaban J connectivity index is 2.03. The number of halogens is 1. The van der Waals surface area contributed by atoms with Crippen molar-refractivity contribution in [3.05, 3.63) is 29.0 Å². The van der Waals surface area contributed by atoms with E-state index in [2.05, 4.69) is 4.98 Å². The third kappa shape index (κ3) is 3.77. The maximum absolute atomic E-state index is 12.2. The lowest BCUT2D eigenvalue weighted by atomic mass is 9.93. The molecule has 1 atom stereocenters. The fourth-order valence-electron chi connectivity index (χ4n) is 2.44. The van der Waals surface area contributed by atoms with Crippen LogP contribution in [0.2, 0.25) is 5.02 Å². The number of carbonyl (C=O) groups is 1. The summed E-state index contributed by atoms with van der Waals surface area (Å²) in [6.07, 6.45) is 4.64. The van der Waals surface area contributed by atoms with E-state index < -0.39 is 10.0 Å². The molecular weight excluding hydrogens is 300 g/mol. The summed E-state index contributed by atoms with van der Waals surface area (Å²) in [4.78, 5) is 16.2. The Morgan fingerprint density at radius 2 is 2.30 bits per heavy atom. The van der Waals surface area contributed by atoms with Crippen LogP contribution in [0.5, 0.6) is 0 Å². The van der Waals surface area contributed by atoms with Gasteiger partial charge < -0.3 is 0 Å². The van der Waals surface area contributed by atoms with Gasteiger partial charge in [-0.3, -0.25) is 9.78 Å². The summed E-state index contributed by atoms with van der Waals surface area (Å²) in [7, 11) is -3.19. The fraction of sp³-hybridized carbons (Fsp3) is 0.538. The first-order chi connectivity index (χ1) is 9.38. The Morgan fingerprint density at radius 3 is 2.95 bits per heavy atom. The highest BCUT2D eigenvalue weighted by molar-refractivity contribution is 7.88. The van der Waals surface area contributed by atoms with Gasteiger partial charge in [-0.25, -0.2) is 12.7 Å². The number of piperidine rings is 1. The van der Waals surface area contributed by atoms with Crippen molar-refractivity contribution < 1.29 is 13.2 Å². The molecular formula is C13H17ClN2O3S. The van der Waals surface area contributed by atoms with Crippen molar-refractivity contribution in [2.75, 3.05) is 19.3 Å². The molecule has 0 spiro atoms. The number of aromatic nitrogens is 1. The van der Waals surface area contributed by atoms with Gasteiger partial charge in [-0.2, -0.15) is 0 Å². The predicted molar refractivity (Wildman–Crippen MR) is 77.3 cm³/mol. The zero-order valence-electron chi connectivity index (χ0n) is 11.3. The van der Waals surface area contributed by atoms with E-state index in [0.717, 1.165) is 12.8 Å². The van der Waals surface area contributed by atoms with Gasteiger partial charge >= 0.3 is 0 Å². The minimum absolute atomic E-state index is 0.0315. The van der Waals surface area contributed by atoms with Gasteiger partial charge in [0.05, 0.1) is 11.3 Å². The van der Waals surface area contributed by atoms with Gasteiger partial charge in [-0.15, -0.1) is 0 Å². The van der Waals surface area contributed by atoms with Crippen molar-refractivity contribution >= 4 is 27.4 Å². The number of ketones is 1. The SMILES string of the molecule is CS(=O)(=O)N1CCCC(CC(=O)c2ncccc2Cl)C1. The third-order valence-corrected chi connectivity index (χ3v) is 5.02. The molecule has 5 nitrogen and oxygen atoms in total. The van der Waals surface area contributed by atoms with Crippen LogP contribution in [0.1, 0.15) is 29.8 Å². The van der Waals surface area contributed by atoms with Crippen LogP contribution in [0.4, 0.5) is 0 Å². The first-order valence-corrected chi connectivity index (χ1v) is 8.69. The average molecular weight is 317 g/mol. The van der Waals surface area contributed by atoms with Crippen molar-refractivity contribution in [2.24, 2.45) is 5.92 Å². The molecule has 1 saturated heterocycles. The predicted octanol–water partition coefficient (Wildman–Crippen LogP) is 1.98. The molecule has 1 aliphatic heterocycles. The van der Waals surface area contributed by atoms with Crippen molar-refractivity contribution in [3.63, 3.8) is 0 Å². The van der Waals surface area contributed by atoms with Crippen LogP contribution in [0, 0.1) is 5.92 Å². The number of carbonyl (C=O) groups excluding carboxylic acids is 1. The van der Waals surface area contributed by atoms with Gasteiger partial charge in [-0.05, 0) is 30.9 Å². The van der Waals surface area contributed by atoms with Gasteiger partial charge in [0, 0.05) is 25.7 Å². The molecule has 2 rings (SSSR count). The lowest BCUT2D eigenvalue weighted by Crippen LogP contribution is -2.39. The Morgan fingerprint density at radius 1 is 1.55 bits per heavy atom. The standard InChI is InChI=1S/C13H17ClN2O3S/c1-20(18,19)16-7-3-4-10(9-16)8-12(17)13-11(14)5-2-6-15-13/h2,5-6,10H,3-4,7-9H2,1H3. The topological polar surface area (TPSA) is 67.3 Å². The molecule has 1 aromatic heterocycles. The van der Waals surface area contributed by atoms with Gasteiger partial charge in [0.15, 0.2) is 5.78 Å². The van der Waals surface area contributed by atoms with E-state index in [4.69, 9.17) is 11.6 Å². The molecule has 0 aliphatic carbocycles. The van der Waals surface area contributed by atoms with E-state index in [0.29, 0.717) is 18.1 Å². The molecule has 1 unspecified atom stereocenters. The molecule has 0 aromatic carbocycles. The van der Waals surface area contributed by atoms with E-state index in [9.17, 15) is 13.2 Å². The number of nitrogens with zero attached hydrogens (tertiary/aromatic N) is 2. The molecule has 0 saturated carbocycles. The Hall–Kier alpha value is -0.980. The summed E-state index contributed by atoms with van der Waals surface area (Å²) in [5, 5.41) is 0.341. The maximum Gasteiger partial charge on any atom is 0.211 e. The summed E-state index contributed by atoms with van der Waals surface area (Å²) in [5.74, 6) is -0.0972. The summed E-state index contributed by atoms with van der Waals surface area (Å²) >= 11 is 5.95. The quantitative estimate of drug-likeness (QED) is 0.797. The van der Waals surface area contributed by atoms with E-state index >= 15 is 0 Å². The van der Waals surface area contributed by atoms with Gasteiger partial charge in [-0.1, -0.05) is 11.6 Å². The number of sulfonamides is 1. The fourth-order valence-corrected chi connectivity index (χ4v) is 3.61. The molecule has 0 bridgehead atoms. The normalized spacial score (nSPS) is 20.8. The van der Waals surface area contributed by atoms with Crippen LogP contribution in [-0.4, -0.2) is 42.8 Å². The number of hydrogen-bond acceptors (Lipinski definition) is 4. The van der Waals surface area contributed by atoms with Crippen molar-refractivity contribution in [1.82, 2.24) is 9.29 Å². The van der Waals surface area contributed by atoms with Crippen LogP contribution < -0.4 is 0 Å². The maximum atomic E-state index is 12.2. The molecule has 20 heavy (non-hydrogen) atoms. The van der Waals surface area contributed by atoms with Crippen LogP contribution in [0.3, 0.4) is 0 Å². The lowest BCUT2D eigenvalue weighted by molar-refractivity contribution is 0.0937. The third-order valence-electron chi connectivity index (χ3n) is 3.45. The van der Waals surface area contributed by atoms with Crippen molar-refractivity contribution in [1.29, 1.82) is 0 Å². The molecule has 1 aliphatic rings. The molecule has 7 heteroatoms. The molecule has 2 heterocycles. The first-order valence-electron chi connectivity index (χ1n) is 6.47. The highest BCUT2D eigenvalue weighted by Gasteiger charge is 2.28. The highest BCUT2D eigenvalue weighted by atomic mass is 35.5. The summed E-state index contributed by atoms with van der Waals surface area (Å²) < 4.78 is 24.5. The van der Waals surface area contributed by atoms with E-state index in [-0.39, 0.29) is 23.8 Å². The van der Waals surface area contributed by atoms with Gasteiger partial charge in [0.25, 0.3) is 0 Å². The molecule has 0 N–H and O–H groups in total. The average Bonchev–Trinajstić information content (AvgIpc) is 2.38. The van der Waals surface area contributed by atoms with Crippen LogP contribution in [0.25, 0.3) is 0 Å². The summed E-state index contributed by atoms with van der Waals surface area (Å²) in [5.41, 5.74) is 0.269. The minimum Gasteiger partial charge on any atom is -0.292 e. The smallest absolute Gasteiger partial charge is 0.211 e. The van der Waals surface area contributed by atoms with Gasteiger partial charge in [0.2, 0.25) is 10.0 Å². The number of hydrogen-bond donors (Lipinski definition) is 0. The Kier molecular flexibility index (Phi) is 4.78. The van der Waals surface area contributed by atoms with Crippen LogP contribution in [-0.2, 0) is 10.0 Å². The zero-order chi connectivity index (χ0) is 14.8. The lowest BCUT2D eigenvalue weighted by Gasteiger charge is -2.30. The van der Waals surface area contributed by atoms with Crippen LogP contribution in [0.15, 0.2) is 18.3 Å². The second-order valence-corrected chi connectivity index (χ2v) is 7.48. The van der Waals surface area contributed by atoms with Crippen molar-refractivity contribution in [3.8, 4) is 0 Å². The monoisotopic (exact) mass is 316 g/mol. The zero-order valence-corrected chi connectivity index (χ0v) is 12.8. The number of pyridine rings is 1. The van der Waals surface area contributed by atoms with Crippen LogP contribution >= 0.6 is 11.6 Å². The number of Topliss-reactive ketones (excluding diaryl/α,β-unsaturated/α-hetero) is 1. The largest absolute Gasteiger partial charge is 0.292 e. The van der Waals surface area contributed by atoms with Gasteiger partial charge in [0.1, 0.15) is 5.69 Å². The summed E-state index contributed by atoms with van der Waals surface area (Å²) in [6, 6.07) is 3.30. The Bertz CT molecular complexity index is 603. The molecule has 1 fully saturated rings.